The van der Waals surface area contributed by atoms with Crippen LogP contribution in [0.25, 0.3) is 10.9 Å². The number of ether oxygens (including phenoxy) is 1. The van der Waals surface area contributed by atoms with Gasteiger partial charge in [0.25, 0.3) is 0 Å². The normalized spacial score (nSPS) is 11.5. The van der Waals surface area contributed by atoms with Gasteiger partial charge in [-0.3, -0.25) is 5.10 Å². The minimum atomic E-state index is -1.15. The summed E-state index contributed by atoms with van der Waals surface area (Å²) in [6.07, 6.45) is 3.51. The van der Waals surface area contributed by atoms with Gasteiger partial charge in [-0.1, -0.05) is 23.9 Å². The molecule has 0 radical (unpaired) electrons. The van der Waals surface area contributed by atoms with Crippen LogP contribution in [0.1, 0.15) is 11.3 Å². The average Bonchev–Trinajstić information content (AvgIpc) is 3.22. The molecule has 0 saturated carbocycles. The second-order valence-corrected chi connectivity index (χ2v) is 5.08. The van der Waals surface area contributed by atoms with Gasteiger partial charge in [0.05, 0.1) is 0 Å². The largest absolute Gasteiger partial charge is 1.00 e. The summed E-state index contributed by atoms with van der Waals surface area (Å²) in [6.45, 7) is -0.127. The molecule has 9 nitrogen and oxygen atoms in total. The van der Waals surface area contributed by atoms with Crippen molar-refractivity contribution in [2.75, 3.05) is 0 Å². The number of aromatic amines is 2. The Balaban J connectivity index is 0.00000225. The van der Waals surface area contributed by atoms with Gasteiger partial charge >= 0.3 is 34.4 Å². The van der Waals surface area contributed by atoms with Crippen molar-refractivity contribution in [1.82, 2.24) is 25.7 Å². The number of alkyl carbamates (subject to hydrolysis) is 1. The first-order valence-corrected chi connectivity index (χ1v) is 7.12. The summed E-state index contributed by atoms with van der Waals surface area (Å²) < 4.78 is 4.91. The zero-order valence-corrected chi connectivity index (χ0v) is 14.9. The number of aliphatic carboxylic acids is 1. The maximum Gasteiger partial charge on any atom is 1.00 e. The summed E-state index contributed by atoms with van der Waals surface area (Å²) in [5.41, 5.74) is 2.08. The predicted octanol–water partition coefficient (Wildman–Crippen LogP) is 1.01. The fourth-order valence-corrected chi connectivity index (χ4v) is 2.30. The van der Waals surface area contributed by atoms with E-state index < -0.39 is 18.1 Å². The van der Waals surface area contributed by atoms with Crippen LogP contribution in [0.15, 0.2) is 30.5 Å². The number of fused-ring (bicyclic) bond motifs is 1. The van der Waals surface area contributed by atoms with Gasteiger partial charge in [0.1, 0.15) is 12.6 Å². The number of nitrogens with zero attached hydrogens (tertiary/aromatic N) is 2. The van der Waals surface area contributed by atoms with Crippen LogP contribution in [0.2, 0.25) is 0 Å². The Morgan fingerprint density at radius 3 is 2.88 bits per heavy atom. The Morgan fingerprint density at radius 2 is 2.16 bits per heavy atom. The van der Waals surface area contributed by atoms with E-state index in [4.69, 9.17) is 4.74 Å². The summed E-state index contributed by atoms with van der Waals surface area (Å²) in [7, 11) is 0. The van der Waals surface area contributed by atoms with Gasteiger partial charge in [-0.15, -0.1) is 5.21 Å². The molecule has 0 aliphatic carbocycles. The summed E-state index contributed by atoms with van der Waals surface area (Å²) in [4.78, 5) is 26.3. The van der Waals surface area contributed by atoms with Gasteiger partial charge in [0.2, 0.25) is 0 Å². The zero-order chi connectivity index (χ0) is 16.9. The number of aromatic nitrogens is 4. The number of carboxylic acid groups (broad SMARTS) is 1. The Labute approximate surface area is 157 Å². The molecule has 0 aliphatic rings. The van der Waals surface area contributed by atoms with Crippen LogP contribution in [0.4, 0.5) is 4.79 Å². The quantitative estimate of drug-likeness (QED) is 0.281. The van der Waals surface area contributed by atoms with Gasteiger partial charge < -0.3 is 31.4 Å². The first-order valence-electron chi connectivity index (χ1n) is 7.12. The van der Waals surface area contributed by atoms with Crippen molar-refractivity contribution < 1.29 is 41.8 Å². The topological polar surface area (TPSA) is 133 Å². The van der Waals surface area contributed by atoms with Gasteiger partial charge in [-0.25, -0.2) is 9.59 Å². The Bertz CT molecular complexity index is 849. The maximum atomic E-state index is 11.8. The molecule has 1 aromatic carbocycles. The van der Waals surface area contributed by atoms with E-state index in [0.717, 1.165) is 16.5 Å². The molecule has 3 rings (SSSR count). The Kier molecular flexibility index (Phi) is 6.34. The van der Waals surface area contributed by atoms with Crippen molar-refractivity contribution in [3.8, 4) is 0 Å². The van der Waals surface area contributed by atoms with E-state index in [0.29, 0.717) is 5.69 Å². The molecule has 134 valence electrons. The summed E-state index contributed by atoms with van der Waals surface area (Å²) >= 11 is 0. The third kappa shape index (κ3) is 4.69. The number of carboxylic acids is 1. The number of rotatable bonds is 6. The second-order valence-electron chi connectivity index (χ2n) is 5.08. The molecular formula is C15H14AuN5O4. The van der Waals surface area contributed by atoms with Crippen LogP contribution in [0.3, 0.4) is 0 Å². The molecular weight excluding hydrogens is 511 g/mol. The molecule has 1 amide bonds. The van der Waals surface area contributed by atoms with Gasteiger partial charge in [0.15, 0.2) is 0 Å². The van der Waals surface area contributed by atoms with Crippen molar-refractivity contribution >= 4 is 23.0 Å². The van der Waals surface area contributed by atoms with E-state index >= 15 is 0 Å². The number of hydrogen-bond acceptors (Lipinski definition) is 5. The molecule has 0 fully saturated rings. The minimum absolute atomic E-state index is 0. The van der Waals surface area contributed by atoms with Crippen LogP contribution in [0.5, 0.6) is 0 Å². The molecule has 2 aromatic heterocycles. The standard InChI is InChI=1S/C15H14N5O4.Au/c21-14(22)13(18-15(23)24-8-10-7-17-20-19-10)5-9-6-16-12-4-2-1-3-11(9)12;/h1-4,6,13,16H,5,8H2,(H,18,23)(H,21,22)(H,17,19,20);/q-1;+1/t13-;/m1./s1. The van der Waals surface area contributed by atoms with Gasteiger partial charge in [0, 0.05) is 23.5 Å². The van der Waals surface area contributed by atoms with Crippen molar-refractivity contribution in [2.45, 2.75) is 19.1 Å². The minimum Gasteiger partial charge on any atom is -0.480 e. The first kappa shape index (κ1) is 18.7. The molecule has 0 saturated heterocycles. The molecule has 10 heteroatoms. The first-order chi connectivity index (χ1) is 11.6. The third-order valence-electron chi connectivity index (χ3n) is 3.46. The molecule has 0 aliphatic heterocycles. The van der Waals surface area contributed by atoms with Crippen LogP contribution >= 0.6 is 0 Å². The summed E-state index contributed by atoms with van der Waals surface area (Å²) in [5, 5.41) is 21.9. The molecule has 0 bridgehead atoms. The van der Waals surface area contributed by atoms with Crippen LogP contribution < -0.4 is 5.32 Å². The molecule has 2 heterocycles. The fourth-order valence-electron chi connectivity index (χ4n) is 2.30. The van der Waals surface area contributed by atoms with Crippen LogP contribution in [-0.4, -0.2) is 43.6 Å². The van der Waals surface area contributed by atoms with Crippen molar-refractivity contribution in [1.29, 1.82) is 0 Å². The SMILES string of the molecule is O=C(N[C@H](Cc1c[nH]c2ccccc12)C(=O)O)OCc1[c-]nn[nH]1.[Au+]. The number of H-pyrrole nitrogens is 2. The average molecular weight is 525 g/mol. The molecule has 4 N–H and O–H groups in total. The van der Waals surface area contributed by atoms with Gasteiger partial charge in [-0.05, 0) is 11.6 Å². The van der Waals surface area contributed by atoms with E-state index in [1.54, 1.807) is 6.20 Å². The maximum absolute atomic E-state index is 11.8. The number of hydrogen-bond donors (Lipinski definition) is 4. The second kappa shape index (κ2) is 8.47. The van der Waals surface area contributed by atoms with E-state index in [9.17, 15) is 14.7 Å². The Hall–Kier alpha value is -2.62. The third-order valence-corrected chi connectivity index (χ3v) is 3.46. The number of nitrogens with one attached hydrogen (secondary N) is 3. The van der Waals surface area contributed by atoms with E-state index in [2.05, 4.69) is 31.9 Å². The molecule has 0 unspecified atom stereocenters. The van der Waals surface area contributed by atoms with E-state index in [1.807, 2.05) is 24.3 Å². The number of carbonyl (C=O) groups is 2. The smallest absolute Gasteiger partial charge is 0.480 e. The van der Waals surface area contributed by atoms with Crippen molar-refractivity contribution in [3.63, 3.8) is 0 Å². The number of para-hydroxylation sites is 1. The van der Waals surface area contributed by atoms with E-state index in [-0.39, 0.29) is 35.4 Å². The predicted molar refractivity (Wildman–Crippen MR) is 82.0 cm³/mol. The van der Waals surface area contributed by atoms with Crippen molar-refractivity contribution in [2.24, 2.45) is 0 Å². The summed E-state index contributed by atoms with van der Waals surface area (Å²) in [6, 6.07) is 6.42. The van der Waals surface area contributed by atoms with Gasteiger partial charge in [-0.2, -0.15) is 0 Å². The molecule has 1 atom stereocenters. The monoisotopic (exact) mass is 525 g/mol. The molecule has 25 heavy (non-hydrogen) atoms. The van der Waals surface area contributed by atoms with E-state index in [1.165, 1.54) is 0 Å². The van der Waals surface area contributed by atoms with Crippen molar-refractivity contribution in [3.05, 3.63) is 47.9 Å². The number of amides is 1. The molecule has 3 aromatic rings. The number of carbonyl (C=O) groups excluding carboxylic acids is 1. The fraction of sp³-hybridized carbons (Fsp3) is 0.200. The zero-order valence-electron chi connectivity index (χ0n) is 12.7. The van der Waals surface area contributed by atoms with Crippen LogP contribution in [0, 0.1) is 6.20 Å². The van der Waals surface area contributed by atoms with Crippen LogP contribution in [-0.2, 0) is 44.9 Å². The summed E-state index contributed by atoms with van der Waals surface area (Å²) in [5.74, 6) is -1.15. The Morgan fingerprint density at radius 1 is 1.36 bits per heavy atom. The number of benzene rings is 1. The molecule has 0 spiro atoms.